The maximum absolute atomic E-state index is 5.77. The van der Waals surface area contributed by atoms with Crippen LogP contribution >= 0.6 is 15.8 Å². The Bertz CT molecular complexity index is 596. The number of pyridine rings is 1. The first-order chi connectivity index (χ1) is 10.5. The second kappa shape index (κ2) is 12.6. The van der Waals surface area contributed by atoms with Crippen molar-refractivity contribution in [3.63, 3.8) is 0 Å². The molecule has 1 fully saturated rings. The minimum atomic E-state index is -0.825. The Kier molecular flexibility index (Phi) is 12.8. The molecule has 1 aliphatic rings. The second-order valence-electron chi connectivity index (χ2n) is 4.23. The fourth-order valence-corrected chi connectivity index (χ4v) is 13.1. The van der Waals surface area contributed by atoms with E-state index in [0.29, 0.717) is 28.6 Å². The number of allylic oxidation sites excluding steroid dienone is 2. The van der Waals surface area contributed by atoms with Gasteiger partial charge >= 0.3 is 158 Å². The average molecular weight is 761 g/mol. The van der Waals surface area contributed by atoms with Crippen LogP contribution in [0.25, 0.3) is 5.70 Å². The van der Waals surface area contributed by atoms with Gasteiger partial charge < -0.3 is 6.92 Å². The molecule has 7 heteroatoms. The molecule has 1 aromatic heterocycles. The summed E-state index contributed by atoms with van der Waals surface area (Å²) in [6.45, 7) is 16.9. The van der Waals surface area contributed by atoms with Crippen molar-refractivity contribution in [2.75, 3.05) is 8.17 Å². The van der Waals surface area contributed by atoms with Crippen molar-refractivity contribution in [1.29, 1.82) is 0 Å². The molecule has 0 amide bonds. The summed E-state index contributed by atoms with van der Waals surface area (Å²) in [4.78, 5) is 4.23. The van der Waals surface area contributed by atoms with E-state index in [9.17, 15) is 0 Å². The van der Waals surface area contributed by atoms with Gasteiger partial charge in [-0.1, -0.05) is 6.92 Å². The van der Waals surface area contributed by atoms with Gasteiger partial charge in [-0.2, -0.15) is 6.42 Å². The Balaban J connectivity index is 0.00000112. The third-order valence-electron chi connectivity index (χ3n) is 2.34. The van der Waals surface area contributed by atoms with Gasteiger partial charge in [0, 0.05) is 0 Å². The first-order valence-corrected chi connectivity index (χ1v) is 17.1. The van der Waals surface area contributed by atoms with Gasteiger partial charge in [-0.15, -0.1) is 0 Å². The molecule has 1 aromatic rings. The molecule has 0 bridgehead atoms. The normalized spacial score (nSPS) is 14.9. The summed E-state index contributed by atoms with van der Waals surface area (Å²) in [5.41, 5.74) is 8.75. The Labute approximate surface area is 176 Å². The molecule has 1 saturated heterocycles. The molecule has 0 aromatic carbocycles. The van der Waals surface area contributed by atoms with Crippen molar-refractivity contribution in [2.45, 2.75) is 20.3 Å². The smallest absolute Gasteiger partial charge is 0.344 e. The average Bonchev–Trinajstić information content (AvgIpc) is 3.31. The van der Waals surface area contributed by atoms with E-state index in [1.165, 1.54) is 8.51 Å². The van der Waals surface area contributed by atoms with Crippen LogP contribution < -0.4 is 23.0 Å². The summed E-state index contributed by atoms with van der Waals surface area (Å²) in [5, 5.41) is 8.55. The Morgan fingerprint density at radius 2 is 2.22 bits per heavy atom. The number of alkyl halides is 2. The zero-order valence-electron chi connectivity index (χ0n) is 13.4. The van der Waals surface area contributed by atoms with Gasteiger partial charge in [-0.05, 0) is 0 Å². The van der Waals surface area contributed by atoms with Gasteiger partial charge in [0.15, 0.2) is 0 Å². The topological polar surface area (TPSA) is 63.6 Å². The summed E-state index contributed by atoms with van der Waals surface area (Å²) >= 11 is -0.380. The second-order valence-corrected chi connectivity index (χ2v) is 22.7. The molecule has 0 atom stereocenters. The number of aromatic nitrogens is 1. The van der Waals surface area contributed by atoms with Gasteiger partial charge in [-0.3, -0.25) is 0 Å². The molecule has 0 aliphatic carbocycles. The number of hydrogen-bond acceptors (Lipinski definition) is 4. The molecule has 0 unspecified atom stereocenters. The number of nitrogen functional groups attached to an aromatic ring is 1. The largest absolute Gasteiger partial charge is 2.00 e. The standard InChI is InChI=1S/C13H14I2N4.C3H7.U/c1-4-5-13(19-18-10(3)15-8-14-15)12-6-11(16)7-17-9(12)2;1-3-2;/h1,4-7H,3,8,16H2,2H3;1,3H2,2H3;/q-2;-1;+2/b13-5-,19-18?;;. The summed E-state index contributed by atoms with van der Waals surface area (Å²) < 4.78 is 2.44. The van der Waals surface area contributed by atoms with Crippen LogP contribution in [0.1, 0.15) is 24.6 Å². The van der Waals surface area contributed by atoms with E-state index in [-0.39, 0.29) is 31.1 Å². The van der Waals surface area contributed by atoms with Crippen molar-refractivity contribution in [1.82, 2.24) is 4.98 Å². The maximum Gasteiger partial charge on any atom is 2.00 e. The predicted molar refractivity (Wildman–Crippen MR) is 98.8 cm³/mol. The van der Waals surface area contributed by atoms with Crippen molar-refractivity contribution in [3.05, 3.63) is 59.5 Å². The van der Waals surface area contributed by atoms with Crippen LogP contribution in [0.15, 0.2) is 44.9 Å². The number of anilines is 1. The Hall–Kier alpha value is 0.282. The molecule has 0 radical (unpaired) electrons. The van der Waals surface area contributed by atoms with Crippen LogP contribution in [0, 0.1) is 51.5 Å². The molecule has 2 rings (SSSR count). The van der Waals surface area contributed by atoms with Crippen molar-refractivity contribution in [3.8, 4) is 0 Å². The van der Waals surface area contributed by atoms with Crippen LogP contribution in [0.3, 0.4) is 0 Å². The minimum absolute atomic E-state index is 0. The van der Waals surface area contributed by atoms with Crippen molar-refractivity contribution < 1.29 is 48.3 Å². The first-order valence-electron chi connectivity index (χ1n) is 6.67. The predicted octanol–water partition coefficient (Wildman–Crippen LogP) is 1.94. The van der Waals surface area contributed by atoms with Crippen molar-refractivity contribution in [2.24, 2.45) is 10.2 Å². The van der Waals surface area contributed by atoms with E-state index in [2.05, 4.69) is 28.7 Å². The number of aryl methyl sites for hydroxylation is 1. The van der Waals surface area contributed by atoms with Crippen LogP contribution in [-0.4, -0.2) is 7.42 Å². The fourth-order valence-electron chi connectivity index (χ4n) is 1.36. The van der Waals surface area contributed by atoms with Crippen LogP contribution in [-0.2, 0) is 0 Å². The monoisotopic (exact) mass is 761 g/mol. The SMILES string of the molecule is [CH-]=C/C=C(\N=NC(=C)I1C[I-]1)c1cc(N)cnc1C.[CH2-]CC.[U+2]. The maximum atomic E-state index is 5.77. The van der Waals surface area contributed by atoms with Gasteiger partial charge in [0.05, 0.1) is 0 Å². The Morgan fingerprint density at radius 3 is 2.74 bits per heavy atom. The Morgan fingerprint density at radius 1 is 1.61 bits per heavy atom. The molecule has 2 N–H and O–H groups in total. The van der Waals surface area contributed by atoms with Gasteiger partial charge in [-0.25, -0.2) is 0 Å². The number of rotatable bonds is 5. The molecule has 1 aliphatic heterocycles. The number of azo groups is 1. The number of halogens is 2. The molecule has 23 heavy (non-hydrogen) atoms. The number of hydrogen-bond donors (Lipinski definition) is 1. The van der Waals surface area contributed by atoms with Crippen LogP contribution in [0.5, 0.6) is 0 Å². The molecule has 4 nitrogen and oxygen atoms in total. The number of nitrogens with two attached hydrogens (primary N) is 1. The van der Waals surface area contributed by atoms with Crippen molar-refractivity contribution >= 4 is 27.2 Å². The molecular weight excluding hydrogens is 740 g/mol. The zero-order valence-corrected chi connectivity index (χ0v) is 21.9. The van der Waals surface area contributed by atoms with Gasteiger partial charge in [0.25, 0.3) is 0 Å². The zero-order chi connectivity index (χ0) is 16.5. The molecule has 0 saturated carbocycles. The summed E-state index contributed by atoms with van der Waals surface area (Å²) in [6.07, 6.45) is 5.79. The van der Waals surface area contributed by atoms with E-state index < -0.39 is 15.8 Å². The minimum Gasteiger partial charge on any atom is -0.344 e. The molecule has 0 spiro atoms. The van der Waals surface area contributed by atoms with E-state index in [0.717, 1.165) is 21.4 Å². The van der Waals surface area contributed by atoms with Gasteiger partial charge in [0.1, 0.15) is 0 Å². The third-order valence-corrected chi connectivity index (χ3v) is 16.0. The van der Waals surface area contributed by atoms with Crippen LogP contribution in [0.2, 0.25) is 0 Å². The number of nitrogens with zero attached hydrogens (tertiary/aromatic N) is 3. The summed E-state index contributed by atoms with van der Waals surface area (Å²) in [6, 6.07) is 1.84. The van der Waals surface area contributed by atoms with E-state index in [4.69, 9.17) is 12.3 Å². The summed E-state index contributed by atoms with van der Waals surface area (Å²) in [5.74, 6) is 0. The fraction of sp³-hybridized carbons (Fsp3) is 0.250. The van der Waals surface area contributed by atoms with E-state index >= 15 is 0 Å². The van der Waals surface area contributed by atoms with Crippen LogP contribution in [0.4, 0.5) is 5.69 Å². The summed E-state index contributed by atoms with van der Waals surface area (Å²) in [7, 11) is 0. The third kappa shape index (κ3) is 8.80. The van der Waals surface area contributed by atoms with E-state index in [1.807, 2.05) is 19.9 Å². The molecular formula is C16H21I2N4U-. The van der Waals surface area contributed by atoms with E-state index in [1.54, 1.807) is 12.3 Å². The quantitative estimate of drug-likeness (QED) is 0.125. The molecule has 124 valence electrons. The first kappa shape index (κ1) is 23.3. The van der Waals surface area contributed by atoms with Gasteiger partial charge in [0.2, 0.25) is 0 Å². The molecule has 2 heterocycles.